The van der Waals surface area contributed by atoms with Crippen LogP contribution in [0.15, 0.2) is 34.7 Å². The lowest BCUT2D eigenvalue weighted by Gasteiger charge is -2.09. The average molecular weight is 314 g/mol. The van der Waals surface area contributed by atoms with E-state index in [0.29, 0.717) is 17.9 Å². The van der Waals surface area contributed by atoms with Gasteiger partial charge in [0.1, 0.15) is 11.5 Å². The molecule has 2 N–H and O–H groups in total. The van der Waals surface area contributed by atoms with E-state index in [1.54, 1.807) is 13.0 Å². The third-order valence-corrected chi connectivity index (χ3v) is 3.48. The number of carbonyl (C=O) groups is 2. The van der Waals surface area contributed by atoms with Crippen LogP contribution in [0.3, 0.4) is 0 Å². The van der Waals surface area contributed by atoms with E-state index < -0.39 is 0 Å². The van der Waals surface area contributed by atoms with Crippen LogP contribution in [0, 0.1) is 19.8 Å². The molecule has 23 heavy (non-hydrogen) atoms. The minimum atomic E-state index is -0.156. The first kappa shape index (κ1) is 16.8. The second kappa shape index (κ2) is 7.13. The lowest BCUT2D eigenvalue weighted by molar-refractivity contribution is -0.118. The van der Waals surface area contributed by atoms with Crippen LogP contribution in [0.5, 0.6) is 0 Å². The zero-order chi connectivity index (χ0) is 17.0. The summed E-state index contributed by atoms with van der Waals surface area (Å²) in [6.45, 7) is 7.70. The van der Waals surface area contributed by atoms with Gasteiger partial charge in [0.2, 0.25) is 5.91 Å². The molecule has 0 aliphatic carbocycles. The first-order valence-electron chi connectivity index (χ1n) is 7.62. The number of nitrogens with one attached hydrogen (secondary N) is 2. The fourth-order valence-electron chi connectivity index (χ4n) is 2.13. The van der Waals surface area contributed by atoms with Gasteiger partial charge in [-0.25, -0.2) is 0 Å². The average Bonchev–Trinajstić information content (AvgIpc) is 2.85. The number of amides is 2. The monoisotopic (exact) mass is 314 g/mol. The highest BCUT2D eigenvalue weighted by molar-refractivity contribution is 5.95. The van der Waals surface area contributed by atoms with Crippen LogP contribution in [-0.4, -0.2) is 11.8 Å². The summed E-state index contributed by atoms with van der Waals surface area (Å²) < 4.78 is 5.36. The van der Waals surface area contributed by atoms with Gasteiger partial charge in [-0.1, -0.05) is 26.0 Å². The highest BCUT2D eigenvalue weighted by atomic mass is 16.3. The molecule has 0 unspecified atom stereocenters. The Balaban J connectivity index is 1.92. The number of rotatable bonds is 5. The van der Waals surface area contributed by atoms with Gasteiger partial charge in [-0.2, -0.15) is 0 Å². The SMILES string of the molecule is Cc1cc(C(=O)NCc2ccc(NC(=O)C(C)C)cc2)c(C)o1. The zero-order valence-electron chi connectivity index (χ0n) is 13.9. The summed E-state index contributed by atoms with van der Waals surface area (Å²) in [5, 5.41) is 5.69. The normalized spacial score (nSPS) is 10.7. The molecule has 5 nitrogen and oxygen atoms in total. The van der Waals surface area contributed by atoms with E-state index in [2.05, 4.69) is 10.6 Å². The molecule has 122 valence electrons. The summed E-state index contributed by atoms with van der Waals surface area (Å²) >= 11 is 0. The molecule has 0 bridgehead atoms. The third-order valence-electron chi connectivity index (χ3n) is 3.48. The molecule has 2 aromatic rings. The van der Waals surface area contributed by atoms with Gasteiger partial charge in [-0.3, -0.25) is 9.59 Å². The van der Waals surface area contributed by atoms with E-state index >= 15 is 0 Å². The molecule has 0 aliphatic heterocycles. The maximum absolute atomic E-state index is 12.1. The van der Waals surface area contributed by atoms with Crippen molar-refractivity contribution in [3.05, 3.63) is 53.0 Å². The van der Waals surface area contributed by atoms with E-state index in [4.69, 9.17) is 4.42 Å². The Hall–Kier alpha value is -2.56. The predicted molar refractivity (Wildman–Crippen MR) is 89.3 cm³/mol. The summed E-state index contributed by atoms with van der Waals surface area (Å²) in [7, 11) is 0. The number of hydrogen-bond acceptors (Lipinski definition) is 3. The van der Waals surface area contributed by atoms with Gasteiger partial charge in [0.15, 0.2) is 0 Å². The topological polar surface area (TPSA) is 71.3 Å². The van der Waals surface area contributed by atoms with Gasteiger partial charge in [-0.15, -0.1) is 0 Å². The minimum absolute atomic E-state index is 0.0168. The summed E-state index contributed by atoms with van der Waals surface area (Å²) in [5.41, 5.74) is 2.27. The van der Waals surface area contributed by atoms with Gasteiger partial charge in [0.25, 0.3) is 5.91 Å². The lowest BCUT2D eigenvalue weighted by Crippen LogP contribution is -2.23. The van der Waals surface area contributed by atoms with Crippen LogP contribution in [0.25, 0.3) is 0 Å². The van der Waals surface area contributed by atoms with Crippen molar-refractivity contribution in [1.82, 2.24) is 5.32 Å². The summed E-state index contributed by atoms with van der Waals surface area (Å²) in [6.07, 6.45) is 0. The van der Waals surface area contributed by atoms with Crippen molar-refractivity contribution in [2.24, 2.45) is 5.92 Å². The first-order chi connectivity index (χ1) is 10.9. The number of carbonyl (C=O) groups excluding carboxylic acids is 2. The van der Waals surface area contributed by atoms with Crippen molar-refractivity contribution < 1.29 is 14.0 Å². The molecular weight excluding hydrogens is 292 g/mol. The Morgan fingerprint density at radius 2 is 1.78 bits per heavy atom. The molecule has 0 atom stereocenters. The molecule has 1 aromatic heterocycles. The Bertz CT molecular complexity index is 700. The molecule has 0 spiro atoms. The van der Waals surface area contributed by atoms with E-state index in [-0.39, 0.29) is 17.7 Å². The van der Waals surface area contributed by atoms with Crippen molar-refractivity contribution >= 4 is 17.5 Å². The summed E-state index contributed by atoms with van der Waals surface area (Å²) in [5.74, 6) is 1.11. The van der Waals surface area contributed by atoms with Crippen molar-refractivity contribution in [2.75, 3.05) is 5.32 Å². The minimum Gasteiger partial charge on any atom is -0.466 e. The Morgan fingerprint density at radius 3 is 2.30 bits per heavy atom. The van der Waals surface area contributed by atoms with Gasteiger partial charge in [-0.05, 0) is 37.6 Å². The zero-order valence-corrected chi connectivity index (χ0v) is 13.9. The molecule has 1 heterocycles. The number of benzene rings is 1. The predicted octanol–water partition coefficient (Wildman–Crippen LogP) is 3.42. The van der Waals surface area contributed by atoms with E-state index in [1.165, 1.54) is 0 Å². The van der Waals surface area contributed by atoms with Gasteiger partial charge in [0.05, 0.1) is 5.56 Å². The van der Waals surface area contributed by atoms with Gasteiger partial charge >= 0.3 is 0 Å². The van der Waals surface area contributed by atoms with E-state index in [9.17, 15) is 9.59 Å². The van der Waals surface area contributed by atoms with E-state index in [0.717, 1.165) is 17.0 Å². The first-order valence-corrected chi connectivity index (χ1v) is 7.62. The number of anilines is 1. The fraction of sp³-hybridized carbons (Fsp3) is 0.333. The Kier molecular flexibility index (Phi) is 5.21. The lowest BCUT2D eigenvalue weighted by atomic mass is 10.1. The Morgan fingerprint density at radius 1 is 1.13 bits per heavy atom. The van der Waals surface area contributed by atoms with E-state index in [1.807, 2.05) is 45.0 Å². The highest BCUT2D eigenvalue weighted by Gasteiger charge is 2.13. The van der Waals surface area contributed by atoms with Crippen molar-refractivity contribution in [1.29, 1.82) is 0 Å². The summed E-state index contributed by atoms with van der Waals surface area (Å²) in [4.78, 5) is 23.7. The number of furan rings is 1. The number of hydrogen-bond donors (Lipinski definition) is 2. The highest BCUT2D eigenvalue weighted by Crippen LogP contribution is 2.14. The van der Waals surface area contributed by atoms with Gasteiger partial charge in [0, 0.05) is 18.2 Å². The second-order valence-corrected chi connectivity index (χ2v) is 5.85. The standard InChI is InChI=1S/C18H22N2O3/c1-11(2)17(21)20-15-7-5-14(6-8-15)10-19-18(22)16-9-12(3)23-13(16)4/h5-9,11H,10H2,1-4H3,(H,19,22)(H,20,21). The molecule has 5 heteroatoms. The quantitative estimate of drug-likeness (QED) is 0.888. The molecule has 2 rings (SSSR count). The van der Waals surface area contributed by atoms with Crippen LogP contribution < -0.4 is 10.6 Å². The van der Waals surface area contributed by atoms with Crippen molar-refractivity contribution in [3.8, 4) is 0 Å². The Labute approximate surface area is 136 Å². The molecule has 0 saturated heterocycles. The molecule has 0 radical (unpaired) electrons. The molecule has 0 aliphatic rings. The maximum atomic E-state index is 12.1. The molecule has 2 amide bonds. The number of aryl methyl sites for hydroxylation is 2. The third kappa shape index (κ3) is 4.45. The molecule has 1 aromatic carbocycles. The van der Waals surface area contributed by atoms with Crippen LogP contribution >= 0.6 is 0 Å². The second-order valence-electron chi connectivity index (χ2n) is 5.85. The molecule has 0 saturated carbocycles. The maximum Gasteiger partial charge on any atom is 0.255 e. The van der Waals surface area contributed by atoms with Crippen LogP contribution in [0.4, 0.5) is 5.69 Å². The van der Waals surface area contributed by atoms with Crippen LogP contribution in [0.1, 0.15) is 41.3 Å². The fourth-order valence-corrected chi connectivity index (χ4v) is 2.13. The van der Waals surface area contributed by atoms with Crippen LogP contribution in [0.2, 0.25) is 0 Å². The largest absolute Gasteiger partial charge is 0.466 e. The van der Waals surface area contributed by atoms with Crippen LogP contribution in [-0.2, 0) is 11.3 Å². The molecular formula is C18H22N2O3. The van der Waals surface area contributed by atoms with Crippen molar-refractivity contribution in [3.63, 3.8) is 0 Å². The van der Waals surface area contributed by atoms with Crippen molar-refractivity contribution in [2.45, 2.75) is 34.2 Å². The molecule has 0 fully saturated rings. The summed E-state index contributed by atoms with van der Waals surface area (Å²) in [6, 6.07) is 9.15. The smallest absolute Gasteiger partial charge is 0.255 e. The van der Waals surface area contributed by atoms with Gasteiger partial charge < -0.3 is 15.1 Å².